The molecule has 0 aliphatic carbocycles. The summed E-state index contributed by atoms with van der Waals surface area (Å²) in [6.45, 7) is 1.87. The summed E-state index contributed by atoms with van der Waals surface area (Å²) in [4.78, 5) is 20.8. The molecule has 5 heteroatoms. The van der Waals surface area contributed by atoms with Crippen LogP contribution < -0.4 is 0 Å². The van der Waals surface area contributed by atoms with E-state index in [0.717, 1.165) is 17.0 Å². The van der Waals surface area contributed by atoms with Crippen molar-refractivity contribution in [2.75, 3.05) is 7.11 Å². The summed E-state index contributed by atoms with van der Waals surface area (Å²) in [7, 11) is 1.30. The molecule has 0 saturated heterocycles. The van der Waals surface area contributed by atoms with Crippen LogP contribution in [0.1, 0.15) is 22.7 Å². The lowest BCUT2D eigenvalue weighted by Crippen LogP contribution is -2.17. The number of carbonyl (C=O) groups excluding carboxylic acids is 1. The van der Waals surface area contributed by atoms with E-state index < -0.39 is 17.7 Å². The van der Waals surface area contributed by atoms with E-state index in [9.17, 15) is 9.18 Å². The van der Waals surface area contributed by atoms with Crippen molar-refractivity contribution in [1.82, 2.24) is 9.97 Å². The van der Waals surface area contributed by atoms with Crippen LogP contribution in [-0.2, 0) is 9.53 Å². The number of rotatable bonds is 4. The third kappa shape index (κ3) is 3.55. The van der Waals surface area contributed by atoms with Crippen molar-refractivity contribution in [2.24, 2.45) is 0 Å². The summed E-state index contributed by atoms with van der Waals surface area (Å²) in [6.07, 6.45) is 3.39. The van der Waals surface area contributed by atoms with Crippen LogP contribution >= 0.6 is 0 Å². The van der Waals surface area contributed by atoms with Gasteiger partial charge in [-0.1, -0.05) is 42.5 Å². The minimum atomic E-state index is -0.815. The van der Waals surface area contributed by atoms with E-state index in [-0.39, 0.29) is 5.56 Å². The molecule has 3 rings (SSSR count). The Hall–Kier alpha value is -3.08. The number of hydrogen-bond donors (Lipinski definition) is 0. The van der Waals surface area contributed by atoms with Crippen molar-refractivity contribution >= 4 is 5.97 Å². The molecule has 2 aromatic carbocycles. The standard InChI is InChI=1S/C20H17FN2O2/c1-13-11-23-18(12-22-13)14-7-9-15(10-8-14)19(20(24)25-2)16-5-3-4-6-17(16)21/h3-12,19H,1-2H3. The van der Waals surface area contributed by atoms with Gasteiger partial charge in [0.1, 0.15) is 11.7 Å². The van der Waals surface area contributed by atoms with E-state index in [1.807, 2.05) is 19.1 Å². The van der Waals surface area contributed by atoms with Crippen molar-refractivity contribution in [3.63, 3.8) is 0 Å². The van der Waals surface area contributed by atoms with Gasteiger partial charge in [0.2, 0.25) is 0 Å². The second-order valence-electron chi connectivity index (χ2n) is 5.64. The molecule has 1 heterocycles. The van der Waals surface area contributed by atoms with Crippen LogP contribution in [0.4, 0.5) is 4.39 Å². The van der Waals surface area contributed by atoms with Crippen LogP contribution in [0, 0.1) is 12.7 Å². The number of carbonyl (C=O) groups is 1. The molecule has 4 nitrogen and oxygen atoms in total. The lowest BCUT2D eigenvalue weighted by Gasteiger charge is -2.16. The lowest BCUT2D eigenvalue weighted by molar-refractivity contribution is -0.141. The molecule has 0 amide bonds. The van der Waals surface area contributed by atoms with Crippen LogP contribution in [0.3, 0.4) is 0 Å². The Bertz CT molecular complexity index is 877. The maximum atomic E-state index is 14.2. The van der Waals surface area contributed by atoms with Gasteiger partial charge in [-0.25, -0.2) is 4.39 Å². The molecule has 0 N–H and O–H groups in total. The molecular weight excluding hydrogens is 319 g/mol. The second kappa shape index (κ2) is 7.21. The Morgan fingerprint density at radius 3 is 2.36 bits per heavy atom. The molecule has 0 saturated carbocycles. The Labute approximate surface area is 145 Å². The third-order valence-corrected chi connectivity index (χ3v) is 3.97. The van der Waals surface area contributed by atoms with E-state index in [0.29, 0.717) is 5.56 Å². The molecule has 0 aliphatic heterocycles. The molecule has 0 radical (unpaired) electrons. The van der Waals surface area contributed by atoms with Crippen LogP contribution in [0.2, 0.25) is 0 Å². The second-order valence-corrected chi connectivity index (χ2v) is 5.64. The molecule has 0 bridgehead atoms. The number of aryl methyl sites for hydroxylation is 1. The van der Waals surface area contributed by atoms with Crippen molar-refractivity contribution in [3.05, 3.63) is 83.6 Å². The fourth-order valence-corrected chi connectivity index (χ4v) is 2.66. The van der Waals surface area contributed by atoms with E-state index in [1.54, 1.807) is 42.7 Å². The first kappa shape index (κ1) is 16.8. The van der Waals surface area contributed by atoms with Gasteiger partial charge in [-0.3, -0.25) is 14.8 Å². The molecule has 0 spiro atoms. The zero-order chi connectivity index (χ0) is 17.8. The minimum absolute atomic E-state index is 0.289. The largest absolute Gasteiger partial charge is 0.468 e. The van der Waals surface area contributed by atoms with Gasteiger partial charge in [-0.15, -0.1) is 0 Å². The highest BCUT2D eigenvalue weighted by atomic mass is 19.1. The summed E-state index contributed by atoms with van der Waals surface area (Å²) in [6, 6.07) is 13.5. The molecule has 1 unspecified atom stereocenters. The van der Waals surface area contributed by atoms with E-state index in [2.05, 4.69) is 9.97 Å². The predicted molar refractivity (Wildman–Crippen MR) is 92.5 cm³/mol. The van der Waals surface area contributed by atoms with Crippen LogP contribution in [0.25, 0.3) is 11.3 Å². The fourth-order valence-electron chi connectivity index (χ4n) is 2.66. The zero-order valence-electron chi connectivity index (χ0n) is 13.9. The van der Waals surface area contributed by atoms with Gasteiger partial charge in [0.15, 0.2) is 0 Å². The minimum Gasteiger partial charge on any atom is -0.468 e. The summed E-state index contributed by atoms with van der Waals surface area (Å²) >= 11 is 0. The van der Waals surface area contributed by atoms with Crippen molar-refractivity contribution in [2.45, 2.75) is 12.8 Å². The van der Waals surface area contributed by atoms with E-state index in [4.69, 9.17) is 4.74 Å². The average molecular weight is 336 g/mol. The number of hydrogen-bond acceptors (Lipinski definition) is 4. The van der Waals surface area contributed by atoms with Gasteiger partial charge < -0.3 is 4.74 Å². The smallest absolute Gasteiger partial charge is 0.317 e. The van der Waals surface area contributed by atoms with E-state index >= 15 is 0 Å². The van der Waals surface area contributed by atoms with E-state index in [1.165, 1.54) is 13.2 Å². The number of nitrogens with zero attached hydrogens (tertiary/aromatic N) is 2. The van der Waals surface area contributed by atoms with Crippen LogP contribution in [0.5, 0.6) is 0 Å². The normalized spacial score (nSPS) is 11.8. The molecule has 0 fully saturated rings. The zero-order valence-corrected chi connectivity index (χ0v) is 13.9. The summed E-state index contributed by atoms with van der Waals surface area (Å²) in [5, 5.41) is 0. The van der Waals surface area contributed by atoms with Crippen LogP contribution in [-0.4, -0.2) is 23.0 Å². The molecule has 0 aliphatic rings. The quantitative estimate of drug-likeness (QED) is 0.678. The summed E-state index contributed by atoms with van der Waals surface area (Å²) in [5.74, 6) is -1.76. The number of esters is 1. The SMILES string of the molecule is COC(=O)C(c1ccc(-c2cnc(C)cn2)cc1)c1ccccc1F. The number of halogens is 1. The highest BCUT2D eigenvalue weighted by Crippen LogP contribution is 2.29. The maximum absolute atomic E-state index is 14.2. The lowest BCUT2D eigenvalue weighted by atomic mass is 9.90. The van der Waals surface area contributed by atoms with Gasteiger partial charge in [-0.2, -0.15) is 0 Å². The van der Waals surface area contributed by atoms with Gasteiger partial charge in [0.05, 0.1) is 24.7 Å². The van der Waals surface area contributed by atoms with Crippen molar-refractivity contribution < 1.29 is 13.9 Å². The summed E-state index contributed by atoms with van der Waals surface area (Å²) in [5.41, 5.74) is 3.38. The molecule has 1 aromatic heterocycles. The van der Waals surface area contributed by atoms with Gasteiger partial charge in [0.25, 0.3) is 0 Å². The number of ether oxygens (including phenoxy) is 1. The molecular formula is C20H17FN2O2. The van der Waals surface area contributed by atoms with Crippen molar-refractivity contribution in [1.29, 1.82) is 0 Å². The number of methoxy groups -OCH3 is 1. The topological polar surface area (TPSA) is 52.1 Å². The Morgan fingerprint density at radius 1 is 1.04 bits per heavy atom. The van der Waals surface area contributed by atoms with Gasteiger partial charge in [0, 0.05) is 17.3 Å². The van der Waals surface area contributed by atoms with Gasteiger partial charge in [-0.05, 0) is 18.6 Å². The molecule has 3 aromatic rings. The fraction of sp³-hybridized carbons (Fsp3) is 0.150. The first-order chi connectivity index (χ1) is 12.1. The number of aromatic nitrogens is 2. The Morgan fingerprint density at radius 2 is 1.76 bits per heavy atom. The predicted octanol–water partition coefficient (Wildman–Crippen LogP) is 3.90. The Kier molecular flexibility index (Phi) is 4.84. The van der Waals surface area contributed by atoms with Gasteiger partial charge >= 0.3 is 5.97 Å². The molecule has 25 heavy (non-hydrogen) atoms. The maximum Gasteiger partial charge on any atom is 0.317 e. The first-order valence-corrected chi connectivity index (χ1v) is 7.81. The monoisotopic (exact) mass is 336 g/mol. The Balaban J connectivity index is 1.98. The first-order valence-electron chi connectivity index (χ1n) is 7.81. The summed E-state index contributed by atoms with van der Waals surface area (Å²) < 4.78 is 19.1. The molecule has 126 valence electrons. The third-order valence-electron chi connectivity index (χ3n) is 3.97. The average Bonchev–Trinajstić information content (AvgIpc) is 2.64. The highest BCUT2D eigenvalue weighted by Gasteiger charge is 2.26. The van der Waals surface area contributed by atoms with Crippen molar-refractivity contribution in [3.8, 4) is 11.3 Å². The highest BCUT2D eigenvalue weighted by molar-refractivity contribution is 5.82. The molecule has 1 atom stereocenters. The number of benzene rings is 2. The van der Waals surface area contributed by atoms with Crippen LogP contribution in [0.15, 0.2) is 60.9 Å².